The van der Waals surface area contributed by atoms with Gasteiger partial charge in [0.05, 0.1) is 0 Å². The Balaban J connectivity index is 2.12. The summed E-state index contributed by atoms with van der Waals surface area (Å²) in [5.74, 6) is 1.63. The zero-order valence-electron chi connectivity index (χ0n) is 6.24. The van der Waals surface area contributed by atoms with Gasteiger partial charge in [-0.15, -0.1) is 0 Å². The van der Waals surface area contributed by atoms with E-state index in [0.29, 0.717) is 3.42 Å². The summed E-state index contributed by atoms with van der Waals surface area (Å²) >= 11 is 8.93. The Kier molecular flexibility index (Phi) is 1.29. The third-order valence-corrected chi connectivity index (χ3v) is 6.03. The first-order valence-corrected chi connectivity index (χ1v) is 5.76. The molecule has 0 radical (unpaired) electrons. The summed E-state index contributed by atoms with van der Waals surface area (Å²) in [4.78, 5) is 0. The first-order chi connectivity index (χ1) is 5.23. The van der Waals surface area contributed by atoms with Gasteiger partial charge in [-0.25, -0.2) is 0 Å². The zero-order valence-corrected chi connectivity index (χ0v) is 9.15. The van der Waals surface area contributed by atoms with Crippen LogP contribution in [0.15, 0.2) is 10.6 Å². The standard InChI is InChI=1S/C9H10ClI/c10-8-5-4-9(11)6(5)2-1-3-7(8)9/h6-7H,1-4H2. The molecule has 3 atom stereocenters. The lowest BCUT2D eigenvalue weighted by Gasteiger charge is -2.47. The van der Waals surface area contributed by atoms with Gasteiger partial charge in [0.2, 0.25) is 0 Å². The maximum Gasteiger partial charge on any atom is 0.0402 e. The number of rotatable bonds is 0. The van der Waals surface area contributed by atoms with E-state index in [2.05, 4.69) is 22.6 Å². The van der Waals surface area contributed by atoms with Crippen LogP contribution in [0, 0.1) is 11.8 Å². The molecule has 4 rings (SSSR count). The molecule has 0 aromatic rings. The van der Waals surface area contributed by atoms with Crippen molar-refractivity contribution < 1.29 is 0 Å². The van der Waals surface area contributed by atoms with Gasteiger partial charge in [0.1, 0.15) is 0 Å². The SMILES string of the molecule is ClC1=C2CC3(I)C1CCCC23. The van der Waals surface area contributed by atoms with E-state index in [-0.39, 0.29) is 0 Å². The number of alkyl halides is 1. The monoisotopic (exact) mass is 280 g/mol. The molecule has 0 saturated heterocycles. The molecule has 0 aliphatic heterocycles. The van der Waals surface area contributed by atoms with Crippen molar-refractivity contribution in [2.45, 2.75) is 29.1 Å². The second-order valence-electron chi connectivity index (χ2n) is 4.01. The zero-order chi connectivity index (χ0) is 7.64. The molecule has 0 N–H and O–H groups in total. The predicted octanol–water partition coefficient (Wildman–Crippen LogP) is 3.49. The molecule has 0 nitrogen and oxygen atoms in total. The normalized spacial score (nSPS) is 52.9. The van der Waals surface area contributed by atoms with Crippen molar-refractivity contribution in [3.8, 4) is 0 Å². The summed E-state index contributed by atoms with van der Waals surface area (Å²) in [6.45, 7) is 0. The van der Waals surface area contributed by atoms with E-state index in [1.54, 1.807) is 5.57 Å². The van der Waals surface area contributed by atoms with Crippen molar-refractivity contribution in [3.05, 3.63) is 10.6 Å². The van der Waals surface area contributed by atoms with Crippen molar-refractivity contribution in [2.24, 2.45) is 11.8 Å². The summed E-state index contributed by atoms with van der Waals surface area (Å²) in [5.41, 5.74) is 1.61. The Labute approximate surface area is 85.5 Å². The van der Waals surface area contributed by atoms with Gasteiger partial charge in [0, 0.05) is 14.4 Å². The first kappa shape index (κ1) is 7.19. The van der Waals surface area contributed by atoms with Gasteiger partial charge in [-0.2, -0.15) is 0 Å². The molecule has 0 aromatic heterocycles. The van der Waals surface area contributed by atoms with Gasteiger partial charge in [-0.3, -0.25) is 0 Å². The first-order valence-electron chi connectivity index (χ1n) is 4.31. The molecular formula is C9H10ClI. The highest BCUT2D eigenvalue weighted by molar-refractivity contribution is 14.1. The van der Waals surface area contributed by atoms with Gasteiger partial charge in [-0.05, 0) is 30.8 Å². The van der Waals surface area contributed by atoms with Crippen molar-refractivity contribution in [2.75, 3.05) is 0 Å². The van der Waals surface area contributed by atoms with E-state index in [1.165, 1.54) is 30.7 Å². The molecule has 0 spiro atoms. The highest BCUT2D eigenvalue weighted by Gasteiger charge is 2.62. The molecule has 4 bridgehead atoms. The van der Waals surface area contributed by atoms with Gasteiger partial charge in [0.25, 0.3) is 0 Å². The molecule has 0 heterocycles. The van der Waals surface area contributed by atoms with Gasteiger partial charge in [0.15, 0.2) is 0 Å². The fraction of sp³-hybridized carbons (Fsp3) is 0.778. The fourth-order valence-electron chi connectivity index (χ4n) is 3.06. The lowest BCUT2D eigenvalue weighted by atomic mass is 9.65. The maximum absolute atomic E-state index is 6.27. The van der Waals surface area contributed by atoms with E-state index in [0.717, 1.165) is 11.8 Å². The lowest BCUT2D eigenvalue weighted by molar-refractivity contribution is 0.239. The Hall–Kier alpha value is 0.760. The molecule has 0 amide bonds. The highest BCUT2D eigenvalue weighted by atomic mass is 127. The maximum atomic E-state index is 6.27. The van der Waals surface area contributed by atoms with E-state index >= 15 is 0 Å². The van der Waals surface area contributed by atoms with Crippen LogP contribution in [0.1, 0.15) is 25.7 Å². The summed E-state index contributed by atoms with van der Waals surface area (Å²) in [7, 11) is 0. The van der Waals surface area contributed by atoms with Crippen molar-refractivity contribution in [1.82, 2.24) is 0 Å². The molecule has 11 heavy (non-hydrogen) atoms. The molecule has 2 heteroatoms. The van der Waals surface area contributed by atoms with Crippen LogP contribution in [0.25, 0.3) is 0 Å². The van der Waals surface area contributed by atoms with E-state index in [4.69, 9.17) is 11.6 Å². The van der Waals surface area contributed by atoms with Crippen molar-refractivity contribution in [1.29, 1.82) is 0 Å². The smallest absolute Gasteiger partial charge is 0.0402 e. The Morgan fingerprint density at radius 1 is 1.36 bits per heavy atom. The number of allylic oxidation sites excluding steroid dienone is 2. The minimum atomic E-state index is 0.586. The highest BCUT2D eigenvalue weighted by Crippen LogP contribution is 2.70. The van der Waals surface area contributed by atoms with Gasteiger partial charge >= 0.3 is 0 Å². The second kappa shape index (κ2) is 1.98. The molecule has 3 unspecified atom stereocenters. The van der Waals surface area contributed by atoms with E-state index in [1.807, 2.05) is 0 Å². The molecule has 0 aromatic carbocycles. The molecule has 4 aliphatic carbocycles. The fourth-order valence-corrected chi connectivity index (χ4v) is 5.46. The van der Waals surface area contributed by atoms with Crippen LogP contribution in [0.3, 0.4) is 0 Å². The molecule has 4 aliphatic rings. The Morgan fingerprint density at radius 2 is 2.09 bits per heavy atom. The van der Waals surface area contributed by atoms with Crippen LogP contribution < -0.4 is 0 Å². The van der Waals surface area contributed by atoms with Crippen LogP contribution in [-0.4, -0.2) is 3.42 Å². The third-order valence-electron chi connectivity index (χ3n) is 3.64. The molecule has 60 valence electrons. The Bertz CT molecular complexity index is 258. The number of hydrogen-bond acceptors (Lipinski definition) is 0. The lowest BCUT2D eigenvalue weighted by Crippen LogP contribution is -2.45. The summed E-state index contributed by atoms with van der Waals surface area (Å²) < 4.78 is 0.586. The summed E-state index contributed by atoms with van der Waals surface area (Å²) in [6, 6.07) is 0. The summed E-state index contributed by atoms with van der Waals surface area (Å²) in [5, 5.41) is 1.25. The predicted molar refractivity (Wildman–Crippen MR) is 55.1 cm³/mol. The minimum absolute atomic E-state index is 0.586. The number of hydrogen-bond donors (Lipinski definition) is 0. The van der Waals surface area contributed by atoms with Crippen molar-refractivity contribution in [3.63, 3.8) is 0 Å². The molecule has 2 fully saturated rings. The Morgan fingerprint density at radius 3 is 2.73 bits per heavy atom. The largest absolute Gasteiger partial charge is 0.0888 e. The minimum Gasteiger partial charge on any atom is -0.0888 e. The summed E-state index contributed by atoms with van der Waals surface area (Å²) in [6.07, 6.45) is 5.47. The van der Waals surface area contributed by atoms with Crippen LogP contribution in [0.5, 0.6) is 0 Å². The topological polar surface area (TPSA) is 0 Å². The number of halogens is 2. The van der Waals surface area contributed by atoms with E-state index in [9.17, 15) is 0 Å². The van der Waals surface area contributed by atoms with Gasteiger partial charge < -0.3 is 0 Å². The van der Waals surface area contributed by atoms with Crippen LogP contribution in [-0.2, 0) is 0 Å². The molecule has 2 saturated carbocycles. The van der Waals surface area contributed by atoms with Crippen LogP contribution >= 0.6 is 34.2 Å². The third kappa shape index (κ3) is 0.646. The molecular weight excluding hydrogens is 270 g/mol. The van der Waals surface area contributed by atoms with Gasteiger partial charge in [-0.1, -0.05) is 40.6 Å². The van der Waals surface area contributed by atoms with Crippen LogP contribution in [0.4, 0.5) is 0 Å². The quantitative estimate of drug-likeness (QED) is 0.471. The average Bonchev–Trinajstić information content (AvgIpc) is 2.20. The van der Waals surface area contributed by atoms with E-state index < -0.39 is 0 Å². The second-order valence-corrected chi connectivity index (χ2v) is 6.43. The van der Waals surface area contributed by atoms with Crippen LogP contribution in [0.2, 0.25) is 0 Å². The van der Waals surface area contributed by atoms with Crippen molar-refractivity contribution >= 4 is 34.2 Å². The average molecular weight is 281 g/mol.